The summed E-state index contributed by atoms with van der Waals surface area (Å²) in [7, 11) is -3.82. The van der Waals surface area contributed by atoms with Crippen LogP contribution in [0.4, 0.5) is 15.8 Å². The monoisotopic (exact) mass is 438 g/mol. The average molecular weight is 439 g/mol. The predicted molar refractivity (Wildman–Crippen MR) is 108 cm³/mol. The van der Waals surface area contributed by atoms with Crippen LogP contribution >= 0.6 is 23.2 Å². The zero-order valence-electron chi connectivity index (χ0n) is 14.1. The van der Waals surface area contributed by atoms with E-state index in [1.165, 1.54) is 48.5 Å². The fourth-order valence-corrected chi connectivity index (χ4v) is 3.66. The Hall–Kier alpha value is -2.61. The van der Waals surface area contributed by atoms with E-state index in [9.17, 15) is 17.6 Å². The Morgan fingerprint density at radius 3 is 2.07 bits per heavy atom. The van der Waals surface area contributed by atoms with Crippen molar-refractivity contribution in [3.63, 3.8) is 0 Å². The molecule has 0 radical (unpaired) electrons. The molecule has 1 amide bonds. The first-order valence-electron chi connectivity index (χ1n) is 7.89. The van der Waals surface area contributed by atoms with Gasteiger partial charge < -0.3 is 5.32 Å². The number of nitrogens with one attached hydrogen (secondary N) is 2. The lowest BCUT2D eigenvalue weighted by Crippen LogP contribution is -2.14. The topological polar surface area (TPSA) is 75.3 Å². The number of benzene rings is 3. The maximum atomic E-state index is 13.2. The number of carbonyl (C=O) groups excluding carboxylic acids is 1. The first-order chi connectivity index (χ1) is 13.2. The van der Waals surface area contributed by atoms with Crippen LogP contribution in [0.2, 0.25) is 10.0 Å². The summed E-state index contributed by atoms with van der Waals surface area (Å²) in [4.78, 5) is 12.3. The van der Waals surface area contributed by atoms with Gasteiger partial charge >= 0.3 is 0 Å². The quantitative estimate of drug-likeness (QED) is 0.575. The molecule has 3 aromatic carbocycles. The Labute approximate surface area is 171 Å². The number of sulfonamides is 1. The molecule has 3 rings (SSSR count). The predicted octanol–water partition coefficient (Wildman–Crippen LogP) is 5.19. The molecule has 0 aliphatic heterocycles. The van der Waals surface area contributed by atoms with Crippen LogP contribution < -0.4 is 10.0 Å². The van der Waals surface area contributed by atoms with E-state index in [4.69, 9.17) is 23.2 Å². The lowest BCUT2D eigenvalue weighted by molar-refractivity contribution is 0.102. The largest absolute Gasteiger partial charge is 0.322 e. The van der Waals surface area contributed by atoms with E-state index in [0.29, 0.717) is 16.4 Å². The summed E-state index contributed by atoms with van der Waals surface area (Å²) in [5, 5.41) is 2.93. The van der Waals surface area contributed by atoms with Gasteiger partial charge in [-0.25, -0.2) is 12.8 Å². The molecule has 0 aromatic heterocycles. The summed E-state index contributed by atoms with van der Waals surface area (Å²) in [6.07, 6.45) is 0. The summed E-state index contributed by atoms with van der Waals surface area (Å²) in [5.41, 5.74) is 0.905. The first kappa shape index (κ1) is 20.1. The molecule has 0 fully saturated rings. The molecule has 0 aliphatic rings. The molecule has 0 heterocycles. The highest BCUT2D eigenvalue weighted by Gasteiger charge is 2.15. The average Bonchev–Trinajstić information content (AvgIpc) is 2.66. The summed E-state index contributed by atoms with van der Waals surface area (Å²) in [6.45, 7) is 0. The van der Waals surface area contributed by atoms with Crippen molar-refractivity contribution in [2.45, 2.75) is 4.90 Å². The molecule has 0 atom stereocenters. The van der Waals surface area contributed by atoms with Gasteiger partial charge in [-0.3, -0.25) is 9.52 Å². The lowest BCUT2D eigenvalue weighted by Gasteiger charge is -2.09. The van der Waals surface area contributed by atoms with Crippen LogP contribution in [0.3, 0.4) is 0 Å². The highest BCUT2D eigenvalue weighted by Crippen LogP contribution is 2.21. The van der Waals surface area contributed by atoms with Crippen molar-refractivity contribution in [2.24, 2.45) is 0 Å². The Morgan fingerprint density at radius 2 is 1.46 bits per heavy atom. The van der Waals surface area contributed by atoms with Gasteiger partial charge in [-0.2, -0.15) is 0 Å². The highest BCUT2D eigenvalue weighted by atomic mass is 35.5. The number of rotatable bonds is 5. The van der Waals surface area contributed by atoms with Gasteiger partial charge in [0.15, 0.2) is 0 Å². The SMILES string of the molecule is O=C(Nc1ccc(F)c(Cl)c1)c1ccc(S(=O)(=O)Nc2ccc(Cl)cc2)cc1. The summed E-state index contributed by atoms with van der Waals surface area (Å²) < 4.78 is 40.5. The van der Waals surface area contributed by atoms with Gasteiger partial charge in [-0.1, -0.05) is 23.2 Å². The van der Waals surface area contributed by atoms with Gasteiger partial charge in [0.25, 0.3) is 15.9 Å². The fourth-order valence-electron chi connectivity index (χ4n) is 2.29. The van der Waals surface area contributed by atoms with Crippen LogP contribution in [-0.4, -0.2) is 14.3 Å². The van der Waals surface area contributed by atoms with Gasteiger partial charge in [0.1, 0.15) is 5.82 Å². The maximum Gasteiger partial charge on any atom is 0.261 e. The Bertz CT molecular complexity index is 1120. The second-order valence-electron chi connectivity index (χ2n) is 5.72. The lowest BCUT2D eigenvalue weighted by atomic mass is 10.2. The zero-order valence-corrected chi connectivity index (χ0v) is 16.4. The molecule has 0 bridgehead atoms. The van der Waals surface area contributed by atoms with Gasteiger partial charge in [0, 0.05) is 22.0 Å². The molecule has 9 heteroatoms. The first-order valence-corrected chi connectivity index (χ1v) is 10.1. The van der Waals surface area contributed by atoms with E-state index in [-0.39, 0.29) is 15.5 Å². The Kier molecular flexibility index (Phi) is 5.88. The molecule has 144 valence electrons. The van der Waals surface area contributed by atoms with E-state index in [1.807, 2.05) is 0 Å². The number of amides is 1. The van der Waals surface area contributed by atoms with E-state index in [1.54, 1.807) is 12.1 Å². The molecule has 0 saturated carbocycles. The third kappa shape index (κ3) is 4.81. The minimum absolute atomic E-state index is 0.0103. The van der Waals surface area contributed by atoms with Crippen LogP contribution in [0.25, 0.3) is 0 Å². The van der Waals surface area contributed by atoms with Gasteiger partial charge in [-0.15, -0.1) is 0 Å². The van der Waals surface area contributed by atoms with Crippen LogP contribution in [0.15, 0.2) is 71.6 Å². The summed E-state index contributed by atoms with van der Waals surface area (Å²) in [6, 6.07) is 15.4. The number of hydrogen-bond acceptors (Lipinski definition) is 3. The van der Waals surface area contributed by atoms with Crippen molar-refractivity contribution in [1.29, 1.82) is 0 Å². The van der Waals surface area contributed by atoms with Gasteiger partial charge in [0.05, 0.1) is 9.92 Å². The fraction of sp³-hybridized carbons (Fsp3) is 0. The van der Waals surface area contributed by atoms with Gasteiger partial charge in [-0.05, 0) is 66.7 Å². The number of carbonyl (C=O) groups is 1. The molecule has 3 aromatic rings. The number of anilines is 2. The zero-order chi connectivity index (χ0) is 20.3. The second kappa shape index (κ2) is 8.18. The summed E-state index contributed by atoms with van der Waals surface area (Å²) >= 11 is 11.5. The summed E-state index contributed by atoms with van der Waals surface area (Å²) in [5.74, 6) is -1.08. The van der Waals surface area contributed by atoms with E-state index >= 15 is 0 Å². The van der Waals surface area contributed by atoms with Crippen LogP contribution in [-0.2, 0) is 10.0 Å². The molecule has 0 aliphatic carbocycles. The van der Waals surface area contributed by atoms with Crippen LogP contribution in [0.5, 0.6) is 0 Å². The van der Waals surface area contributed by atoms with Crippen molar-refractivity contribution >= 4 is 50.5 Å². The second-order valence-corrected chi connectivity index (χ2v) is 8.25. The molecule has 0 unspecified atom stereocenters. The Morgan fingerprint density at radius 1 is 0.857 bits per heavy atom. The number of hydrogen-bond donors (Lipinski definition) is 2. The van der Waals surface area contributed by atoms with Crippen molar-refractivity contribution in [2.75, 3.05) is 10.0 Å². The third-order valence-corrected chi connectivity index (χ3v) is 5.64. The normalized spacial score (nSPS) is 11.1. The van der Waals surface area contributed by atoms with Crippen molar-refractivity contribution in [3.8, 4) is 0 Å². The molecule has 2 N–H and O–H groups in total. The maximum absolute atomic E-state index is 13.2. The molecular formula is C19H13Cl2FN2O3S. The van der Waals surface area contributed by atoms with E-state index < -0.39 is 21.7 Å². The highest BCUT2D eigenvalue weighted by molar-refractivity contribution is 7.92. The van der Waals surface area contributed by atoms with Crippen LogP contribution in [0, 0.1) is 5.82 Å². The van der Waals surface area contributed by atoms with Crippen LogP contribution in [0.1, 0.15) is 10.4 Å². The molecule has 0 saturated heterocycles. The standard InChI is InChI=1S/C19H13Cl2FN2O3S/c20-13-3-5-14(6-4-13)24-28(26,27)16-8-1-12(2-9-16)19(25)23-15-7-10-18(22)17(21)11-15/h1-11,24H,(H,23,25). The van der Waals surface area contributed by atoms with Crippen molar-refractivity contribution in [1.82, 2.24) is 0 Å². The van der Waals surface area contributed by atoms with E-state index in [0.717, 1.165) is 6.07 Å². The minimum Gasteiger partial charge on any atom is -0.322 e. The number of halogens is 3. The Balaban J connectivity index is 1.73. The van der Waals surface area contributed by atoms with Gasteiger partial charge in [0.2, 0.25) is 0 Å². The third-order valence-electron chi connectivity index (χ3n) is 3.70. The smallest absolute Gasteiger partial charge is 0.261 e. The molecule has 28 heavy (non-hydrogen) atoms. The van der Waals surface area contributed by atoms with Crippen molar-refractivity contribution in [3.05, 3.63) is 88.2 Å². The minimum atomic E-state index is -3.82. The van der Waals surface area contributed by atoms with E-state index in [2.05, 4.69) is 10.0 Å². The molecule has 0 spiro atoms. The molecule has 5 nitrogen and oxygen atoms in total. The molecular weight excluding hydrogens is 426 g/mol. The van der Waals surface area contributed by atoms with Crippen molar-refractivity contribution < 1.29 is 17.6 Å².